The highest BCUT2D eigenvalue weighted by Crippen LogP contribution is 2.34. The largest absolute Gasteiger partial charge is 0.464 e. The van der Waals surface area contributed by atoms with Crippen molar-refractivity contribution < 1.29 is 9.53 Å². The third-order valence-corrected chi connectivity index (χ3v) is 4.43. The van der Waals surface area contributed by atoms with Crippen molar-refractivity contribution in [3.8, 4) is 11.3 Å². The van der Waals surface area contributed by atoms with E-state index in [4.69, 9.17) is 4.74 Å². The Balaban J connectivity index is 2.09. The Labute approximate surface area is 131 Å². The van der Waals surface area contributed by atoms with Crippen molar-refractivity contribution in [2.24, 2.45) is 0 Å². The average molecular weight is 297 g/mol. The molecule has 0 amide bonds. The lowest BCUT2D eigenvalue weighted by molar-refractivity contribution is -0.146. The van der Waals surface area contributed by atoms with E-state index in [9.17, 15) is 4.79 Å². The van der Waals surface area contributed by atoms with Gasteiger partial charge in [0.15, 0.2) is 0 Å². The van der Waals surface area contributed by atoms with E-state index in [0.717, 1.165) is 24.1 Å². The van der Waals surface area contributed by atoms with Crippen LogP contribution in [0.2, 0.25) is 0 Å². The van der Waals surface area contributed by atoms with Gasteiger partial charge in [-0.25, -0.2) is 4.79 Å². The van der Waals surface area contributed by atoms with Crippen molar-refractivity contribution in [1.82, 2.24) is 4.57 Å². The third-order valence-electron chi connectivity index (χ3n) is 4.43. The first-order chi connectivity index (χ1) is 10.7. The van der Waals surface area contributed by atoms with Crippen LogP contribution in [0.15, 0.2) is 36.4 Å². The predicted octanol–water partition coefficient (Wildman–Crippen LogP) is 4.16. The summed E-state index contributed by atoms with van der Waals surface area (Å²) in [6.45, 7) is 4.22. The van der Waals surface area contributed by atoms with Crippen molar-refractivity contribution in [3.63, 3.8) is 0 Å². The van der Waals surface area contributed by atoms with Gasteiger partial charge in [0, 0.05) is 11.4 Å². The Bertz CT molecular complexity index is 658. The number of ether oxygens (including phenoxy) is 1. The molecule has 1 aromatic carbocycles. The van der Waals surface area contributed by atoms with Crippen LogP contribution >= 0.6 is 0 Å². The minimum atomic E-state index is -0.281. The lowest BCUT2D eigenvalue weighted by atomic mass is 9.98. The molecule has 1 heterocycles. The van der Waals surface area contributed by atoms with Gasteiger partial charge in [0.05, 0.1) is 6.61 Å². The first-order valence-electron chi connectivity index (χ1n) is 8.17. The van der Waals surface area contributed by atoms with E-state index in [1.807, 2.05) is 32.0 Å². The summed E-state index contributed by atoms with van der Waals surface area (Å²) in [5.74, 6) is -0.149. The van der Waals surface area contributed by atoms with Crippen molar-refractivity contribution in [2.45, 2.75) is 45.6 Å². The normalized spacial score (nSPS) is 15.2. The van der Waals surface area contributed by atoms with E-state index in [1.54, 1.807) is 0 Å². The molecule has 0 aliphatic heterocycles. The molecule has 0 radical (unpaired) electrons. The zero-order valence-corrected chi connectivity index (χ0v) is 13.3. The fourth-order valence-corrected chi connectivity index (χ4v) is 3.37. The monoisotopic (exact) mass is 297 g/mol. The third kappa shape index (κ3) is 2.68. The fraction of sp³-hybridized carbons (Fsp3) is 0.421. The Morgan fingerprint density at radius 3 is 2.68 bits per heavy atom. The van der Waals surface area contributed by atoms with Gasteiger partial charge in [-0.1, -0.05) is 30.3 Å². The van der Waals surface area contributed by atoms with Crippen LogP contribution in [0.5, 0.6) is 0 Å². The summed E-state index contributed by atoms with van der Waals surface area (Å²) in [4.78, 5) is 12.3. The number of fused-ring (bicyclic) bond motifs is 1. The van der Waals surface area contributed by atoms with Crippen LogP contribution in [0, 0.1) is 0 Å². The molecular weight excluding hydrogens is 274 g/mol. The van der Waals surface area contributed by atoms with Crippen molar-refractivity contribution in [2.75, 3.05) is 6.61 Å². The van der Waals surface area contributed by atoms with E-state index in [1.165, 1.54) is 24.1 Å². The zero-order valence-electron chi connectivity index (χ0n) is 13.3. The number of esters is 1. The fourth-order valence-electron chi connectivity index (χ4n) is 3.37. The molecule has 3 nitrogen and oxygen atoms in total. The van der Waals surface area contributed by atoms with Gasteiger partial charge < -0.3 is 9.30 Å². The molecule has 0 fully saturated rings. The molecule has 1 unspecified atom stereocenters. The molecule has 0 saturated heterocycles. The molecule has 1 atom stereocenters. The Morgan fingerprint density at radius 1 is 1.23 bits per heavy atom. The number of aromatic nitrogens is 1. The summed E-state index contributed by atoms with van der Waals surface area (Å²) >= 11 is 0. The van der Waals surface area contributed by atoms with Gasteiger partial charge in [-0.3, -0.25) is 0 Å². The molecule has 1 aliphatic carbocycles. The topological polar surface area (TPSA) is 31.2 Å². The second-order valence-electron chi connectivity index (χ2n) is 5.87. The van der Waals surface area contributed by atoms with Gasteiger partial charge >= 0.3 is 5.97 Å². The molecule has 3 rings (SSSR count). The zero-order chi connectivity index (χ0) is 15.5. The minimum Gasteiger partial charge on any atom is -0.464 e. The first-order valence-corrected chi connectivity index (χ1v) is 8.17. The summed E-state index contributed by atoms with van der Waals surface area (Å²) in [6, 6.07) is 12.3. The number of nitrogens with zero attached hydrogens (tertiary/aromatic N) is 1. The molecule has 1 aromatic heterocycles. The molecule has 22 heavy (non-hydrogen) atoms. The number of aryl methyl sites for hydroxylation is 1. The van der Waals surface area contributed by atoms with Crippen LogP contribution < -0.4 is 0 Å². The maximum atomic E-state index is 12.3. The Morgan fingerprint density at radius 2 is 1.95 bits per heavy atom. The van der Waals surface area contributed by atoms with Gasteiger partial charge in [0.2, 0.25) is 0 Å². The minimum absolute atomic E-state index is 0.149. The smallest absolute Gasteiger partial charge is 0.328 e. The van der Waals surface area contributed by atoms with Crippen molar-refractivity contribution in [1.29, 1.82) is 0 Å². The number of benzene rings is 1. The number of carbonyl (C=O) groups excluding carboxylic acids is 1. The Hall–Kier alpha value is -2.03. The number of hydrogen-bond donors (Lipinski definition) is 0. The van der Waals surface area contributed by atoms with E-state index >= 15 is 0 Å². The van der Waals surface area contributed by atoms with Gasteiger partial charge in [0.25, 0.3) is 0 Å². The van der Waals surface area contributed by atoms with Gasteiger partial charge in [0.1, 0.15) is 6.04 Å². The van der Waals surface area contributed by atoms with Crippen LogP contribution in [-0.4, -0.2) is 17.1 Å². The highest BCUT2D eigenvalue weighted by Gasteiger charge is 2.26. The SMILES string of the molecule is CCOC(=O)C(C)n1c(-c2ccccc2)cc2c1CCCC2. The molecule has 0 saturated carbocycles. The number of hydrogen-bond acceptors (Lipinski definition) is 2. The molecule has 0 N–H and O–H groups in total. The molecule has 1 aliphatic rings. The van der Waals surface area contributed by atoms with Crippen LogP contribution in [0.3, 0.4) is 0 Å². The Kier molecular flexibility index (Phi) is 4.32. The number of rotatable bonds is 4. The average Bonchev–Trinajstić information content (AvgIpc) is 2.94. The summed E-state index contributed by atoms with van der Waals surface area (Å²) in [5, 5.41) is 0. The van der Waals surface area contributed by atoms with E-state index in [-0.39, 0.29) is 12.0 Å². The quantitative estimate of drug-likeness (QED) is 0.794. The van der Waals surface area contributed by atoms with Crippen LogP contribution in [0.1, 0.15) is 44.0 Å². The second kappa shape index (κ2) is 6.39. The van der Waals surface area contributed by atoms with Crippen LogP contribution in [0.25, 0.3) is 11.3 Å². The highest BCUT2D eigenvalue weighted by molar-refractivity contribution is 5.76. The highest BCUT2D eigenvalue weighted by atomic mass is 16.5. The molecule has 0 spiro atoms. The van der Waals surface area contributed by atoms with Crippen LogP contribution in [-0.2, 0) is 22.4 Å². The molecule has 3 heteroatoms. The van der Waals surface area contributed by atoms with Crippen LogP contribution in [0.4, 0.5) is 0 Å². The van der Waals surface area contributed by atoms with Crippen molar-refractivity contribution >= 4 is 5.97 Å². The van der Waals surface area contributed by atoms with E-state index in [2.05, 4.69) is 22.8 Å². The van der Waals surface area contributed by atoms with Gasteiger partial charge in [-0.05, 0) is 56.7 Å². The summed E-state index contributed by atoms with van der Waals surface area (Å²) in [7, 11) is 0. The lowest BCUT2D eigenvalue weighted by Gasteiger charge is -2.22. The summed E-state index contributed by atoms with van der Waals surface area (Å²) in [5.41, 5.74) is 4.99. The van der Waals surface area contributed by atoms with Crippen molar-refractivity contribution in [3.05, 3.63) is 47.7 Å². The maximum Gasteiger partial charge on any atom is 0.328 e. The molecular formula is C19H23NO2. The maximum absolute atomic E-state index is 12.3. The molecule has 116 valence electrons. The van der Waals surface area contributed by atoms with Gasteiger partial charge in [-0.15, -0.1) is 0 Å². The molecule has 0 bridgehead atoms. The standard InChI is InChI=1S/C19H23NO2/c1-3-22-19(21)14(2)20-17-12-8-7-11-16(17)13-18(20)15-9-5-4-6-10-15/h4-6,9-10,13-14H,3,7-8,11-12H2,1-2H3. The molecule has 2 aromatic rings. The first kappa shape index (κ1) is 14.9. The summed E-state index contributed by atoms with van der Waals surface area (Å²) in [6.07, 6.45) is 4.59. The van der Waals surface area contributed by atoms with E-state index < -0.39 is 0 Å². The number of carbonyl (C=O) groups is 1. The van der Waals surface area contributed by atoms with E-state index in [0.29, 0.717) is 6.61 Å². The van der Waals surface area contributed by atoms with Gasteiger partial charge in [-0.2, -0.15) is 0 Å². The predicted molar refractivity (Wildman–Crippen MR) is 87.9 cm³/mol. The summed E-state index contributed by atoms with van der Waals surface area (Å²) < 4.78 is 7.45. The lowest BCUT2D eigenvalue weighted by Crippen LogP contribution is -2.22. The second-order valence-corrected chi connectivity index (χ2v) is 5.87.